The van der Waals surface area contributed by atoms with Crippen LogP contribution in [0.1, 0.15) is 23.6 Å². The van der Waals surface area contributed by atoms with Crippen molar-refractivity contribution in [3.8, 4) is 0 Å². The highest BCUT2D eigenvalue weighted by Gasteiger charge is 2.14. The molecule has 12 heavy (non-hydrogen) atoms. The maximum absolute atomic E-state index is 2.35. The molecule has 1 heteroatoms. The molecule has 0 unspecified atom stereocenters. The molecule has 0 N–H and O–H groups in total. The van der Waals surface area contributed by atoms with Crippen LogP contribution in [0.3, 0.4) is 0 Å². The van der Waals surface area contributed by atoms with Crippen LogP contribution < -0.4 is 0 Å². The van der Waals surface area contributed by atoms with Crippen LogP contribution in [-0.4, -0.2) is 11.9 Å². The van der Waals surface area contributed by atoms with Crippen LogP contribution in [0.25, 0.3) is 0 Å². The van der Waals surface area contributed by atoms with Crippen molar-refractivity contribution in [3.05, 3.63) is 34.9 Å². The molecule has 0 aromatic heterocycles. The van der Waals surface area contributed by atoms with Crippen molar-refractivity contribution >= 4 is 0 Å². The van der Waals surface area contributed by atoms with Gasteiger partial charge in [-0.2, -0.15) is 0 Å². The van der Waals surface area contributed by atoms with Crippen LogP contribution in [0.5, 0.6) is 0 Å². The molecule has 1 heterocycles. The third-order valence-electron chi connectivity index (χ3n) is 2.56. The van der Waals surface area contributed by atoms with Gasteiger partial charge in [-0.15, -0.1) is 0 Å². The Morgan fingerprint density at radius 3 is 2.75 bits per heavy atom. The van der Waals surface area contributed by atoms with Crippen LogP contribution in [0.4, 0.5) is 0 Å². The van der Waals surface area contributed by atoms with E-state index in [2.05, 4.69) is 37.1 Å². The van der Waals surface area contributed by atoms with Gasteiger partial charge in [0.2, 0.25) is 0 Å². The van der Waals surface area contributed by atoms with Gasteiger partial charge < -0.3 is 0 Å². The molecule has 0 aliphatic carbocycles. The summed E-state index contributed by atoms with van der Waals surface area (Å²) in [5.74, 6) is 0. The van der Waals surface area contributed by atoms with Crippen molar-refractivity contribution < 1.29 is 0 Å². The fourth-order valence-electron chi connectivity index (χ4n) is 1.84. The van der Waals surface area contributed by atoms with E-state index >= 15 is 0 Å². The van der Waals surface area contributed by atoms with E-state index in [9.17, 15) is 0 Å². The second-order valence-corrected chi connectivity index (χ2v) is 3.63. The minimum Gasteiger partial charge on any atom is -0.298 e. The predicted octanol–water partition coefficient (Wildman–Crippen LogP) is 2.19. The van der Waals surface area contributed by atoms with E-state index in [4.69, 9.17) is 0 Å². The first kappa shape index (κ1) is 7.81. The van der Waals surface area contributed by atoms with Crippen molar-refractivity contribution in [2.45, 2.75) is 26.4 Å². The number of nitrogens with zero attached hydrogens (tertiary/aromatic N) is 1. The van der Waals surface area contributed by atoms with Gasteiger partial charge in [0.25, 0.3) is 0 Å². The largest absolute Gasteiger partial charge is 0.298 e. The molecule has 0 fully saturated rings. The summed E-state index contributed by atoms with van der Waals surface area (Å²) in [6.07, 6.45) is 1.15. The molecular formula is C11H15N. The standard InChI is InChI=1S/C11H15N/c1-3-9-4-5-10-7-12(2)8-11(10)6-9/h4-6H,3,7-8H2,1-2H3. The molecule has 1 nitrogen and oxygen atoms in total. The van der Waals surface area contributed by atoms with Crippen molar-refractivity contribution in [3.63, 3.8) is 0 Å². The summed E-state index contributed by atoms with van der Waals surface area (Å²) in [4.78, 5) is 2.35. The number of hydrogen-bond acceptors (Lipinski definition) is 1. The summed E-state index contributed by atoms with van der Waals surface area (Å²) in [6, 6.07) is 6.87. The van der Waals surface area contributed by atoms with Gasteiger partial charge in [-0.3, -0.25) is 4.90 Å². The second-order valence-electron chi connectivity index (χ2n) is 3.63. The maximum Gasteiger partial charge on any atom is 0.0237 e. The van der Waals surface area contributed by atoms with Crippen LogP contribution in [0.2, 0.25) is 0 Å². The highest BCUT2D eigenvalue weighted by atomic mass is 15.1. The Morgan fingerprint density at radius 1 is 1.25 bits per heavy atom. The fourth-order valence-corrected chi connectivity index (χ4v) is 1.84. The lowest BCUT2D eigenvalue weighted by molar-refractivity contribution is 0.353. The number of benzene rings is 1. The minimum absolute atomic E-state index is 1.12. The van der Waals surface area contributed by atoms with Crippen LogP contribution in [-0.2, 0) is 19.5 Å². The molecule has 1 aliphatic heterocycles. The van der Waals surface area contributed by atoms with Gasteiger partial charge in [-0.1, -0.05) is 25.1 Å². The Morgan fingerprint density at radius 2 is 2.00 bits per heavy atom. The van der Waals surface area contributed by atoms with Crippen molar-refractivity contribution in [2.75, 3.05) is 7.05 Å². The lowest BCUT2D eigenvalue weighted by Crippen LogP contribution is -2.07. The summed E-state index contributed by atoms with van der Waals surface area (Å²) < 4.78 is 0. The SMILES string of the molecule is CCc1ccc2c(c1)CN(C)C2. The molecule has 0 spiro atoms. The number of hydrogen-bond donors (Lipinski definition) is 0. The summed E-state index contributed by atoms with van der Waals surface area (Å²) >= 11 is 0. The zero-order valence-corrected chi connectivity index (χ0v) is 7.80. The molecule has 0 atom stereocenters. The Labute approximate surface area is 74.0 Å². The second kappa shape index (κ2) is 2.91. The van der Waals surface area contributed by atoms with E-state index in [0.717, 1.165) is 19.5 Å². The van der Waals surface area contributed by atoms with E-state index in [1.165, 1.54) is 16.7 Å². The van der Waals surface area contributed by atoms with E-state index in [0.29, 0.717) is 0 Å². The van der Waals surface area contributed by atoms with Crippen molar-refractivity contribution in [1.29, 1.82) is 0 Å². The first-order chi connectivity index (χ1) is 5.79. The van der Waals surface area contributed by atoms with E-state index in [1.807, 2.05) is 0 Å². The third kappa shape index (κ3) is 1.25. The lowest BCUT2D eigenvalue weighted by atomic mass is 10.1. The summed E-state index contributed by atoms with van der Waals surface area (Å²) in [5, 5.41) is 0. The summed E-state index contributed by atoms with van der Waals surface area (Å²) in [5.41, 5.74) is 4.50. The molecule has 1 aromatic carbocycles. The van der Waals surface area contributed by atoms with E-state index in [-0.39, 0.29) is 0 Å². The van der Waals surface area contributed by atoms with Crippen LogP contribution >= 0.6 is 0 Å². The highest BCUT2D eigenvalue weighted by molar-refractivity contribution is 5.34. The van der Waals surface area contributed by atoms with Gasteiger partial charge in [0.1, 0.15) is 0 Å². The van der Waals surface area contributed by atoms with Gasteiger partial charge in [0.15, 0.2) is 0 Å². The molecule has 0 saturated carbocycles. The van der Waals surface area contributed by atoms with Gasteiger partial charge in [-0.25, -0.2) is 0 Å². The molecule has 1 aromatic rings. The normalized spacial score (nSPS) is 16.5. The van der Waals surface area contributed by atoms with Crippen molar-refractivity contribution in [2.24, 2.45) is 0 Å². The molecule has 0 radical (unpaired) electrons. The van der Waals surface area contributed by atoms with Gasteiger partial charge in [0, 0.05) is 13.1 Å². The van der Waals surface area contributed by atoms with Gasteiger partial charge in [0.05, 0.1) is 0 Å². The Kier molecular flexibility index (Phi) is 1.89. The Balaban J connectivity index is 2.35. The average molecular weight is 161 g/mol. The maximum atomic E-state index is 2.35. The van der Waals surface area contributed by atoms with Crippen LogP contribution in [0, 0.1) is 0 Å². The summed E-state index contributed by atoms with van der Waals surface area (Å²) in [7, 11) is 2.17. The Bertz CT molecular complexity index is 291. The molecule has 0 saturated heterocycles. The fraction of sp³-hybridized carbons (Fsp3) is 0.455. The quantitative estimate of drug-likeness (QED) is 0.610. The Hall–Kier alpha value is -0.820. The van der Waals surface area contributed by atoms with Gasteiger partial charge >= 0.3 is 0 Å². The van der Waals surface area contributed by atoms with Gasteiger partial charge in [-0.05, 0) is 30.2 Å². The van der Waals surface area contributed by atoms with E-state index < -0.39 is 0 Å². The minimum atomic E-state index is 1.12. The molecule has 0 amide bonds. The molecular weight excluding hydrogens is 146 g/mol. The smallest absolute Gasteiger partial charge is 0.0237 e. The third-order valence-corrected chi connectivity index (χ3v) is 2.56. The van der Waals surface area contributed by atoms with Crippen LogP contribution in [0.15, 0.2) is 18.2 Å². The molecule has 1 aliphatic rings. The molecule has 64 valence electrons. The number of aryl methyl sites for hydroxylation is 1. The zero-order chi connectivity index (χ0) is 8.55. The van der Waals surface area contributed by atoms with Crippen molar-refractivity contribution in [1.82, 2.24) is 4.90 Å². The first-order valence-corrected chi connectivity index (χ1v) is 4.59. The monoisotopic (exact) mass is 161 g/mol. The first-order valence-electron chi connectivity index (χ1n) is 4.59. The predicted molar refractivity (Wildman–Crippen MR) is 51.0 cm³/mol. The summed E-state index contributed by atoms with van der Waals surface area (Å²) in [6.45, 7) is 4.46. The van der Waals surface area contributed by atoms with E-state index in [1.54, 1.807) is 0 Å². The number of fused-ring (bicyclic) bond motifs is 1. The zero-order valence-electron chi connectivity index (χ0n) is 7.80. The number of rotatable bonds is 1. The highest BCUT2D eigenvalue weighted by Crippen LogP contribution is 2.22. The lowest BCUT2D eigenvalue weighted by Gasteiger charge is -2.02. The average Bonchev–Trinajstić information content (AvgIpc) is 2.43. The topological polar surface area (TPSA) is 3.24 Å². The molecule has 0 bridgehead atoms. The molecule has 2 rings (SSSR count).